The van der Waals surface area contributed by atoms with Crippen LogP contribution in [0.25, 0.3) is 0 Å². The van der Waals surface area contributed by atoms with E-state index < -0.39 is 0 Å². The molecule has 0 aliphatic carbocycles. The third-order valence-corrected chi connectivity index (χ3v) is 6.16. The number of hydrogen-bond donors (Lipinski definition) is 1. The summed E-state index contributed by atoms with van der Waals surface area (Å²) in [6.45, 7) is 4.29. The van der Waals surface area contributed by atoms with E-state index in [1.165, 1.54) is 0 Å². The van der Waals surface area contributed by atoms with Crippen LogP contribution in [0.5, 0.6) is 5.75 Å². The van der Waals surface area contributed by atoms with Gasteiger partial charge in [0.05, 0.1) is 13.2 Å². The molecule has 0 spiro atoms. The lowest BCUT2D eigenvalue weighted by Crippen LogP contribution is -2.37. The molecule has 32 heavy (non-hydrogen) atoms. The lowest BCUT2D eigenvalue weighted by Gasteiger charge is -2.26. The summed E-state index contributed by atoms with van der Waals surface area (Å²) in [6, 6.07) is 15.9. The Morgan fingerprint density at radius 1 is 0.906 bits per heavy atom. The highest BCUT2D eigenvalue weighted by Crippen LogP contribution is 2.28. The van der Waals surface area contributed by atoms with Crippen molar-refractivity contribution in [1.29, 1.82) is 0 Å². The standard InChI is InChI=1S/C26H33N3O3/c30-25-20-28(18-21-10-3-1-4-11-21)19-23-22(26(31)29-15-6-7-16-29)12-9-13-24(23)32-17-8-2-5-14-27-25/h1,3-4,9-13H,2,5-8,14-20H2,(H,27,30). The number of nitrogens with zero attached hydrogens (tertiary/aromatic N) is 2. The summed E-state index contributed by atoms with van der Waals surface area (Å²) >= 11 is 0. The number of carbonyl (C=O) groups is 2. The van der Waals surface area contributed by atoms with E-state index in [9.17, 15) is 9.59 Å². The minimum atomic E-state index is 0.0194. The van der Waals surface area contributed by atoms with Crippen LogP contribution in [0.3, 0.4) is 0 Å². The first-order valence-corrected chi connectivity index (χ1v) is 11.8. The van der Waals surface area contributed by atoms with Crippen molar-refractivity contribution in [1.82, 2.24) is 15.1 Å². The molecule has 0 radical (unpaired) electrons. The zero-order valence-electron chi connectivity index (χ0n) is 18.7. The zero-order valence-corrected chi connectivity index (χ0v) is 18.7. The fourth-order valence-corrected chi connectivity index (χ4v) is 4.46. The minimum Gasteiger partial charge on any atom is -0.493 e. The molecular weight excluding hydrogens is 402 g/mol. The number of fused-ring (bicyclic) bond motifs is 1. The maximum Gasteiger partial charge on any atom is 0.254 e. The van der Waals surface area contributed by atoms with E-state index in [0.717, 1.165) is 62.1 Å². The van der Waals surface area contributed by atoms with Gasteiger partial charge in [-0.25, -0.2) is 0 Å². The average molecular weight is 436 g/mol. The highest BCUT2D eigenvalue weighted by atomic mass is 16.5. The molecule has 6 heteroatoms. The van der Waals surface area contributed by atoms with Crippen molar-refractivity contribution < 1.29 is 14.3 Å². The molecule has 0 atom stereocenters. The van der Waals surface area contributed by atoms with E-state index >= 15 is 0 Å². The fourth-order valence-electron chi connectivity index (χ4n) is 4.46. The molecule has 0 bridgehead atoms. The Bertz CT molecular complexity index is 910. The molecule has 0 unspecified atom stereocenters. The van der Waals surface area contributed by atoms with Crippen molar-refractivity contribution in [3.8, 4) is 5.75 Å². The average Bonchev–Trinajstić information content (AvgIpc) is 3.34. The van der Waals surface area contributed by atoms with Crippen LogP contribution in [0, 0.1) is 0 Å². The van der Waals surface area contributed by atoms with Crippen LogP contribution in [0.1, 0.15) is 53.6 Å². The number of rotatable bonds is 3. The van der Waals surface area contributed by atoms with Crippen molar-refractivity contribution in [3.63, 3.8) is 0 Å². The number of ether oxygens (including phenoxy) is 1. The molecule has 0 saturated carbocycles. The molecule has 2 aromatic carbocycles. The van der Waals surface area contributed by atoms with E-state index in [2.05, 4.69) is 22.3 Å². The van der Waals surface area contributed by atoms with Gasteiger partial charge in [0.25, 0.3) is 5.91 Å². The van der Waals surface area contributed by atoms with E-state index in [1.807, 2.05) is 41.3 Å². The summed E-state index contributed by atoms with van der Waals surface area (Å²) in [5.74, 6) is 0.843. The molecule has 2 aliphatic rings. The molecule has 0 aromatic heterocycles. The van der Waals surface area contributed by atoms with Gasteiger partial charge in [-0.15, -0.1) is 0 Å². The van der Waals surface area contributed by atoms with E-state index in [-0.39, 0.29) is 18.4 Å². The Morgan fingerprint density at radius 2 is 1.72 bits per heavy atom. The lowest BCUT2D eigenvalue weighted by molar-refractivity contribution is -0.122. The van der Waals surface area contributed by atoms with E-state index in [0.29, 0.717) is 31.8 Å². The van der Waals surface area contributed by atoms with Gasteiger partial charge in [-0.2, -0.15) is 0 Å². The van der Waals surface area contributed by atoms with E-state index in [4.69, 9.17) is 4.74 Å². The van der Waals surface area contributed by atoms with Gasteiger partial charge < -0.3 is 15.0 Å². The molecule has 4 rings (SSSR count). The number of carbonyl (C=O) groups excluding carboxylic acids is 2. The fraction of sp³-hybridized carbons (Fsp3) is 0.462. The molecule has 2 amide bonds. The van der Waals surface area contributed by atoms with Crippen molar-refractivity contribution in [2.75, 3.05) is 32.8 Å². The molecule has 1 saturated heterocycles. The van der Waals surface area contributed by atoms with Gasteiger partial charge in [-0.1, -0.05) is 36.4 Å². The van der Waals surface area contributed by atoms with Crippen LogP contribution in [0.15, 0.2) is 48.5 Å². The van der Waals surface area contributed by atoms with Crippen molar-refractivity contribution in [3.05, 3.63) is 65.2 Å². The zero-order chi connectivity index (χ0) is 22.2. The SMILES string of the molecule is O=C1CN(Cc2ccccc2)Cc2c(cccc2C(=O)N2CCCC2)OCCCCCN1. The minimum absolute atomic E-state index is 0.0194. The monoisotopic (exact) mass is 435 g/mol. The number of hydrogen-bond acceptors (Lipinski definition) is 4. The highest BCUT2D eigenvalue weighted by Gasteiger charge is 2.25. The summed E-state index contributed by atoms with van der Waals surface area (Å²) in [7, 11) is 0. The second-order valence-corrected chi connectivity index (χ2v) is 8.67. The van der Waals surface area contributed by atoms with Crippen LogP contribution < -0.4 is 10.1 Å². The molecule has 1 N–H and O–H groups in total. The maximum atomic E-state index is 13.4. The van der Waals surface area contributed by atoms with Crippen molar-refractivity contribution >= 4 is 11.8 Å². The molecule has 6 nitrogen and oxygen atoms in total. The first-order chi connectivity index (χ1) is 15.7. The first kappa shape index (κ1) is 22.3. The number of benzene rings is 2. The van der Waals surface area contributed by atoms with Crippen molar-refractivity contribution in [2.45, 2.75) is 45.2 Å². The molecule has 170 valence electrons. The van der Waals surface area contributed by atoms with Gasteiger partial charge in [0.1, 0.15) is 5.75 Å². The van der Waals surface area contributed by atoms with Crippen LogP contribution in [-0.4, -0.2) is 54.4 Å². The Kier molecular flexibility index (Phi) is 7.77. The predicted molar refractivity (Wildman–Crippen MR) is 124 cm³/mol. The quantitative estimate of drug-likeness (QED) is 0.800. The summed E-state index contributed by atoms with van der Waals surface area (Å²) in [5.41, 5.74) is 2.71. The number of likely N-dealkylation sites (tertiary alicyclic amines) is 1. The summed E-state index contributed by atoms with van der Waals surface area (Å²) in [4.78, 5) is 30.1. The highest BCUT2D eigenvalue weighted by molar-refractivity contribution is 5.96. The van der Waals surface area contributed by atoms with Crippen LogP contribution in [0.4, 0.5) is 0 Å². The third kappa shape index (κ3) is 5.88. The van der Waals surface area contributed by atoms with Gasteiger partial charge in [0, 0.05) is 43.9 Å². The number of amides is 2. The normalized spacial score (nSPS) is 18.5. The lowest BCUT2D eigenvalue weighted by atomic mass is 10.0. The van der Waals surface area contributed by atoms with Crippen molar-refractivity contribution in [2.24, 2.45) is 0 Å². The Labute approximate surface area is 190 Å². The van der Waals surface area contributed by atoms with Gasteiger partial charge in [-0.3, -0.25) is 14.5 Å². The van der Waals surface area contributed by atoms with Gasteiger partial charge in [0.2, 0.25) is 5.91 Å². The largest absolute Gasteiger partial charge is 0.493 e. The second kappa shape index (κ2) is 11.1. The van der Waals surface area contributed by atoms with Crippen LogP contribution >= 0.6 is 0 Å². The van der Waals surface area contributed by atoms with Crippen LogP contribution in [0.2, 0.25) is 0 Å². The Morgan fingerprint density at radius 3 is 2.53 bits per heavy atom. The summed E-state index contributed by atoms with van der Waals surface area (Å²) < 4.78 is 6.18. The summed E-state index contributed by atoms with van der Waals surface area (Å²) in [5, 5.41) is 3.05. The van der Waals surface area contributed by atoms with Gasteiger partial charge >= 0.3 is 0 Å². The van der Waals surface area contributed by atoms with Gasteiger partial charge in [-0.05, 0) is 49.8 Å². The molecule has 1 fully saturated rings. The molecule has 2 aromatic rings. The first-order valence-electron chi connectivity index (χ1n) is 11.8. The molecule has 2 aliphatic heterocycles. The maximum absolute atomic E-state index is 13.4. The summed E-state index contributed by atoms with van der Waals surface area (Å²) in [6.07, 6.45) is 4.96. The number of nitrogens with one attached hydrogen (secondary N) is 1. The second-order valence-electron chi connectivity index (χ2n) is 8.67. The Hall–Kier alpha value is -2.86. The van der Waals surface area contributed by atoms with Crippen LogP contribution in [-0.2, 0) is 17.9 Å². The van der Waals surface area contributed by atoms with E-state index in [1.54, 1.807) is 0 Å². The molecule has 2 heterocycles. The smallest absolute Gasteiger partial charge is 0.254 e. The van der Waals surface area contributed by atoms with Gasteiger partial charge in [0.15, 0.2) is 0 Å². The molecular formula is C26H33N3O3. The Balaban J connectivity index is 1.66. The third-order valence-electron chi connectivity index (χ3n) is 6.16. The topological polar surface area (TPSA) is 61.9 Å². The predicted octanol–water partition coefficient (Wildman–Crippen LogP) is 3.60.